The molecule has 1 fully saturated rings. The number of carboxylic acids is 1. The van der Waals surface area contributed by atoms with Gasteiger partial charge in [0.05, 0.1) is 12.0 Å². The minimum Gasteiger partial charge on any atom is -0.481 e. The van der Waals surface area contributed by atoms with E-state index >= 15 is 0 Å². The van der Waals surface area contributed by atoms with Crippen LogP contribution in [0.25, 0.3) is 0 Å². The molecule has 0 aliphatic carbocycles. The van der Waals surface area contributed by atoms with E-state index in [9.17, 15) is 14.7 Å². The summed E-state index contributed by atoms with van der Waals surface area (Å²) >= 11 is 12.1. The van der Waals surface area contributed by atoms with E-state index in [1.165, 1.54) is 4.90 Å². The highest BCUT2D eigenvalue weighted by Gasteiger charge is 2.44. The van der Waals surface area contributed by atoms with E-state index in [0.29, 0.717) is 22.2 Å². The van der Waals surface area contributed by atoms with E-state index in [1.54, 1.807) is 18.2 Å². The Bertz CT molecular complexity index is 533. The van der Waals surface area contributed by atoms with Crippen LogP contribution in [-0.2, 0) is 9.59 Å². The molecule has 1 aliphatic heterocycles. The van der Waals surface area contributed by atoms with E-state index in [4.69, 9.17) is 23.2 Å². The molecule has 0 saturated carbocycles. The molecule has 1 aromatic carbocycles. The van der Waals surface area contributed by atoms with Gasteiger partial charge in [-0.05, 0) is 30.7 Å². The molecular formula is C13H13Cl2NO3. The van der Waals surface area contributed by atoms with Crippen molar-refractivity contribution in [3.8, 4) is 0 Å². The molecule has 0 bridgehead atoms. The smallest absolute Gasteiger partial charge is 0.309 e. The molecule has 1 aliphatic rings. The first kappa shape index (κ1) is 14.2. The molecule has 2 atom stereocenters. The fraction of sp³-hybridized carbons (Fsp3) is 0.385. The van der Waals surface area contributed by atoms with Crippen molar-refractivity contribution in [1.82, 2.24) is 4.90 Å². The molecule has 0 aromatic heterocycles. The highest BCUT2D eigenvalue weighted by molar-refractivity contribution is 6.33. The molecule has 1 N–H and O–H groups in total. The predicted molar refractivity (Wildman–Crippen MR) is 72.3 cm³/mol. The maximum absolute atomic E-state index is 11.9. The first-order chi connectivity index (χ1) is 8.95. The molecule has 2 unspecified atom stereocenters. The van der Waals surface area contributed by atoms with Crippen molar-refractivity contribution in [1.29, 1.82) is 0 Å². The average molecular weight is 302 g/mol. The second-order valence-electron chi connectivity index (χ2n) is 4.44. The molecule has 4 nitrogen and oxygen atoms in total. The molecule has 102 valence electrons. The van der Waals surface area contributed by atoms with Crippen LogP contribution in [0.1, 0.15) is 24.9 Å². The van der Waals surface area contributed by atoms with Crippen LogP contribution in [-0.4, -0.2) is 28.4 Å². The Morgan fingerprint density at radius 1 is 1.47 bits per heavy atom. The average Bonchev–Trinajstić information content (AvgIpc) is 2.69. The SMILES string of the molecule is CCN1C(=O)CC(C(=O)O)C1c1cc(Cl)ccc1Cl. The summed E-state index contributed by atoms with van der Waals surface area (Å²) in [4.78, 5) is 24.8. The van der Waals surface area contributed by atoms with E-state index in [-0.39, 0.29) is 12.3 Å². The van der Waals surface area contributed by atoms with Gasteiger partial charge in [0.1, 0.15) is 0 Å². The van der Waals surface area contributed by atoms with Gasteiger partial charge in [-0.25, -0.2) is 0 Å². The van der Waals surface area contributed by atoms with Gasteiger partial charge in [0.25, 0.3) is 0 Å². The molecule has 0 spiro atoms. The maximum atomic E-state index is 11.9. The van der Waals surface area contributed by atoms with Gasteiger partial charge in [-0.15, -0.1) is 0 Å². The third kappa shape index (κ3) is 2.55. The van der Waals surface area contributed by atoms with Gasteiger partial charge < -0.3 is 10.0 Å². The minimum atomic E-state index is -0.995. The van der Waals surface area contributed by atoms with Crippen LogP contribution in [0.3, 0.4) is 0 Å². The van der Waals surface area contributed by atoms with E-state index in [0.717, 1.165) is 0 Å². The van der Waals surface area contributed by atoms with E-state index in [2.05, 4.69) is 0 Å². The monoisotopic (exact) mass is 301 g/mol. The van der Waals surface area contributed by atoms with Crippen LogP contribution in [0.15, 0.2) is 18.2 Å². The lowest BCUT2D eigenvalue weighted by molar-refractivity contribution is -0.142. The first-order valence-corrected chi connectivity index (χ1v) is 6.68. The molecular weight excluding hydrogens is 289 g/mol. The zero-order valence-electron chi connectivity index (χ0n) is 10.3. The Morgan fingerprint density at radius 3 is 2.74 bits per heavy atom. The molecule has 1 heterocycles. The molecule has 6 heteroatoms. The third-order valence-corrected chi connectivity index (χ3v) is 3.95. The lowest BCUT2D eigenvalue weighted by Crippen LogP contribution is -2.30. The summed E-state index contributed by atoms with van der Waals surface area (Å²) in [5.74, 6) is -1.95. The molecule has 19 heavy (non-hydrogen) atoms. The van der Waals surface area contributed by atoms with Gasteiger partial charge in [0.2, 0.25) is 5.91 Å². The van der Waals surface area contributed by atoms with Crippen molar-refractivity contribution in [3.05, 3.63) is 33.8 Å². The van der Waals surface area contributed by atoms with Crippen LogP contribution in [0.4, 0.5) is 0 Å². The Kier molecular flexibility index (Phi) is 4.02. The van der Waals surface area contributed by atoms with Crippen molar-refractivity contribution in [2.45, 2.75) is 19.4 Å². The standard InChI is InChI=1S/C13H13Cl2NO3/c1-2-16-11(17)6-9(13(18)19)12(16)8-5-7(14)3-4-10(8)15/h3-5,9,12H,2,6H2,1H3,(H,18,19). The van der Waals surface area contributed by atoms with Gasteiger partial charge in [0.15, 0.2) is 0 Å². The summed E-state index contributed by atoms with van der Waals surface area (Å²) < 4.78 is 0. The van der Waals surface area contributed by atoms with Crippen LogP contribution in [0, 0.1) is 5.92 Å². The first-order valence-electron chi connectivity index (χ1n) is 5.93. The van der Waals surface area contributed by atoms with Crippen molar-refractivity contribution in [3.63, 3.8) is 0 Å². The van der Waals surface area contributed by atoms with Crippen molar-refractivity contribution in [2.24, 2.45) is 5.92 Å². The second-order valence-corrected chi connectivity index (χ2v) is 5.28. The Morgan fingerprint density at radius 2 is 2.16 bits per heavy atom. The molecule has 1 aromatic rings. The van der Waals surface area contributed by atoms with Crippen molar-refractivity contribution >= 4 is 35.1 Å². The summed E-state index contributed by atoms with van der Waals surface area (Å²) in [5.41, 5.74) is 0.592. The number of carbonyl (C=O) groups excluding carboxylic acids is 1. The summed E-state index contributed by atoms with van der Waals surface area (Å²) in [6, 6.07) is 4.33. The fourth-order valence-corrected chi connectivity index (χ4v) is 2.92. The van der Waals surface area contributed by atoms with Crippen molar-refractivity contribution < 1.29 is 14.7 Å². The lowest BCUT2D eigenvalue weighted by atomic mass is 9.93. The Hall–Kier alpha value is -1.26. The highest BCUT2D eigenvalue weighted by Crippen LogP contribution is 2.41. The maximum Gasteiger partial charge on any atom is 0.309 e. The van der Waals surface area contributed by atoms with Crippen LogP contribution >= 0.6 is 23.2 Å². The topological polar surface area (TPSA) is 57.6 Å². The minimum absolute atomic E-state index is 0.00329. The second kappa shape index (κ2) is 5.39. The zero-order valence-corrected chi connectivity index (χ0v) is 11.8. The Balaban J connectivity index is 2.51. The number of rotatable bonds is 3. The van der Waals surface area contributed by atoms with Gasteiger partial charge in [-0.2, -0.15) is 0 Å². The number of carboxylic acid groups (broad SMARTS) is 1. The highest BCUT2D eigenvalue weighted by atomic mass is 35.5. The largest absolute Gasteiger partial charge is 0.481 e. The number of benzene rings is 1. The number of hydrogen-bond acceptors (Lipinski definition) is 2. The zero-order chi connectivity index (χ0) is 14.2. The van der Waals surface area contributed by atoms with E-state index in [1.807, 2.05) is 6.92 Å². The van der Waals surface area contributed by atoms with Gasteiger partial charge in [-0.3, -0.25) is 9.59 Å². The van der Waals surface area contributed by atoms with Crippen LogP contribution < -0.4 is 0 Å². The van der Waals surface area contributed by atoms with Crippen LogP contribution in [0.2, 0.25) is 10.0 Å². The summed E-state index contributed by atoms with van der Waals surface area (Å²) in [7, 11) is 0. The van der Waals surface area contributed by atoms with Crippen molar-refractivity contribution in [2.75, 3.05) is 6.54 Å². The third-order valence-electron chi connectivity index (χ3n) is 3.37. The number of halogens is 2. The number of amides is 1. The van der Waals surface area contributed by atoms with Gasteiger partial charge in [-0.1, -0.05) is 23.2 Å². The Labute approximate surface area is 120 Å². The summed E-state index contributed by atoms with van der Waals surface area (Å²) in [5, 5.41) is 10.2. The molecule has 0 radical (unpaired) electrons. The normalized spacial score (nSPS) is 22.9. The number of likely N-dealkylation sites (tertiary alicyclic amines) is 1. The van der Waals surface area contributed by atoms with Crippen LogP contribution in [0.5, 0.6) is 0 Å². The fourth-order valence-electron chi connectivity index (χ4n) is 2.51. The molecule has 2 rings (SSSR count). The summed E-state index contributed by atoms with van der Waals surface area (Å²) in [6.45, 7) is 2.25. The summed E-state index contributed by atoms with van der Waals surface area (Å²) in [6.07, 6.45) is -0.00329. The molecule has 1 saturated heterocycles. The van der Waals surface area contributed by atoms with Gasteiger partial charge >= 0.3 is 5.97 Å². The number of nitrogens with zero attached hydrogens (tertiary/aromatic N) is 1. The number of hydrogen-bond donors (Lipinski definition) is 1. The lowest BCUT2D eigenvalue weighted by Gasteiger charge is -2.27. The predicted octanol–water partition coefficient (Wildman–Crippen LogP) is 2.99. The van der Waals surface area contributed by atoms with Gasteiger partial charge in [0, 0.05) is 23.0 Å². The number of aliphatic carboxylic acids is 1. The molecule has 1 amide bonds. The van der Waals surface area contributed by atoms with E-state index < -0.39 is 17.9 Å². The quantitative estimate of drug-likeness (QED) is 0.934. The number of carbonyl (C=O) groups is 2.